The van der Waals surface area contributed by atoms with Gasteiger partial charge in [-0.1, -0.05) is 41.9 Å². The lowest BCUT2D eigenvalue weighted by atomic mass is 10.0. The quantitative estimate of drug-likeness (QED) is 0.610. The molecule has 2 aromatic carbocycles. The summed E-state index contributed by atoms with van der Waals surface area (Å²) in [5.41, 5.74) is 4.00. The standard InChI is InChI=1S/C13H8ClNS/c14-12-6-5-11(13-7-16-8-15-13)9-3-1-2-4-10(9)12/h1-8H. The first-order valence-electron chi connectivity index (χ1n) is 4.92. The number of hydrogen-bond donors (Lipinski definition) is 0. The number of benzene rings is 2. The van der Waals surface area contributed by atoms with Gasteiger partial charge in [0.1, 0.15) is 0 Å². The monoisotopic (exact) mass is 245 g/mol. The summed E-state index contributed by atoms with van der Waals surface area (Å²) < 4.78 is 0. The molecule has 0 radical (unpaired) electrons. The van der Waals surface area contributed by atoms with E-state index in [0.29, 0.717) is 0 Å². The molecule has 0 aliphatic rings. The molecule has 1 heterocycles. The van der Waals surface area contributed by atoms with Crippen LogP contribution in [0.2, 0.25) is 5.02 Å². The number of halogens is 1. The van der Waals surface area contributed by atoms with Crippen molar-refractivity contribution in [2.45, 2.75) is 0 Å². The van der Waals surface area contributed by atoms with Gasteiger partial charge in [0, 0.05) is 21.4 Å². The maximum absolute atomic E-state index is 6.17. The van der Waals surface area contributed by atoms with Crippen LogP contribution in [0.15, 0.2) is 47.3 Å². The van der Waals surface area contributed by atoms with E-state index in [-0.39, 0.29) is 0 Å². The van der Waals surface area contributed by atoms with Crippen LogP contribution in [0.25, 0.3) is 22.0 Å². The Bertz CT molecular complexity index is 631. The Morgan fingerprint density at radius 3 is 2.56 bits per heavy atom. The molecule has 0 bridgehead atoms. The predicted molar refractivity (Wildman–Crippen MR) is 70.1 cm³/mol. The highest BCUT2D eigenvalue weighted by molar-refractivity contribution is 7.07. The molecule has 3 heteroatoms. The van der Waals surface area contributed by atoms with E-state index in [1.807, 2.05) is 35.8 Å². The second-order valence-corrected chi connectivity index (χ2v) is 4.64. The fraction of sp³-hybridized carbons (Fsp3) is 0. The number of aromatic nitrogens is 1. The molecule has 78 valence electrons. The summed E-state index contributed by atoms with van der Waals surface area (Å²) in [6, 6.07) is 12.1. The second-order valence-electron chi connectivity index (χ2n) is 3.51. The van der Waals surface area contributed by atoms with Crippen molar-refractivity contribution < 1.29 is 0 Å². The molecular formula is C13H8ClNS. The molecule has 0 amide bonds. The van der Waals surface area contributed by atoms with Crippen LogP contribution in [-0.2, 0) is 0 Å². The van der Waals surface area contributed by atoms with Gasteiger partial charge in [-0.3, -0.25) is 0 Å². The van der Waals surface area contributed by atoms with E-state index in [9.17, 15) is 0 Å². The molecule has 0 aliphatic heterocycles. The Labute approximate surface area is 102 Å². The lowest BCUT2D eigenvalue weighted by Gasteiger charge is -2.05. The van der Waals surface area contributed by atoms with Crippen molar-refractivity contribution in [3.05, 3.63) is 52.3 Å². The van der Waals surface area contributed by atoms with Crippen molar-refractivity contribution in [1.82, 2.24) is 4.98 Å². The van der Waals surface area contributed by atoms with Gasteiger partial charge < -0.3 is 0 Å². The fourth-order valence-corrected chi connectivity index (χ4v) is 2.61. The average molecular weight is 246 g/mol. The third-order valence-corrected chi connectivity index (χ3v) is 3.50. The predicted octanol–water partition coefficient (Wildman–Crippen LogP) is 4.62. The van der Waals surface area contributed by atoms with E-state index >= 15 is 0 Å². The summed E-state index contributed by atoms with van der Waals surface area (Å²) >= 11 is 7.78. The molecule has 1 aromatic heterocycles. The van der Waals surface area contributed by atoms with Crippen molar-refractivity contribution >= 4 is 33.7 Å². The number of nitrogens with zero attached hydrogens (tertiary/aromatic N) is 1. The highest BCUT2D eigenvalue weighted by Crippen LogP contribution is 2.32. The van der Waals surface area contributed by atoms with Gasteiger partial charge in [0.2, 0.25) is 0 Å². The van der Waals surface area contributed by atoms with Gasteiger partial charge >= 0.3 is 0 Å². The second kappa shape index (κ2) is 3.89. The van der Waals surface area contributed by atoms with Crippen LogP contribution in [0.1, 0.15) is 0 Å². The largest absolute Gasteiger partial charge is 0.245 e. The molecule has 3 aromatic rings. The summed E-state index contributed by atoms with van der Waals surface area (Å²) in [6.07, 6.45) is 0. The smallest absolute Gasteiger partial charge is 0.0817 e. The molecule has 0 fully saturated rings. The number of rotatable bonds is 1. The van der Waals surface area contributed by atoms with Gasteiger partial charge in [-0.2, -0.15) is 0 Å². The van der Waals surface area contributed by atoms with Crippen LogP contribution in [0.3, 0.4) is 0 Å². The number of fused-ring (bicyclic) bond motifs is 1. The molecule has 3 rings (SSSR count). The molecule has 0 spiro atoms. The molecule has 1 nitrogen and oxygen atoms in total. The van der Waals surface area contributed by atoms with Gasteiger partial charge in [-0.05, 0) is 11.5 Å². The molecular weight excluding hydrogens is 238 g/mol. The van der Waals surface area contributed by atoms with E-state index < -0.39 is 0 Å². The molecule has 0 saturated carbocycles. The number of hydrogen-bond acceptors (Lipinski definition) is 2. The minimum atomic E-state index is 0.787. The summed E-state index contributed by atoms with van der Waals surface area (Å²) in [5.74, 6) is 0. The Morgan fingerprint density at radius 1 is 1.00 bits per heavy atom. The van der Waals surface area contributed by atoms with Gasteiger partial charge in [0.15, 0.2) is 0 Å². The molecule has 0 aliphatic carbocycles. The zero-order valence-electron chi connectivity index (χ0n) is 8.35. The Kier molecular flexibility index (Phi) is 2.39. The maximum Gasteiger partial charge on any atom is 0.0817 e. The average Bonchev–Trinajstić information content (AvgIpc) is 2.83. The van der Waals surface area contributed by atoms with Crippen molar-refractivity contribution in [2.75, 3.05) is 0 Å². The van der Waals surface area contributed by atoms with Crippen LogP contribution in [0, 0.1) is 0 Å². The summed E-state index contributed by atoms with van der Waals surface area (Å²) in [7, 11) is 0. The molecule has 0 N–H and O–H groups in total. The Balaban J connectivity index is 2.39. The molecule has 0 atom stereocenters. The van der Waals surface area contributed by atoms with Crippen LogP contribution in [0.5, 0.6) is 0 Å². The normalized spacial score (nSPS) is 10.8. The third kappa shape index (κ3) is 1.51. The van der Waals surface area contributed by atoms with Crippen molar-refractivity contribution in [1.29, 1.82) is 0 Å². The fourth-order valence-electron chi connectivity index (χ4n) is 1.83. The van der Waals surface area contributed by atoms with E-state index in [0.717, 1.165) is 27.1 Å². The lowest BCUT2D eigenvalue weighted by molar-refractivity contribution is 1.42. The van der Waals surface area contributed by atoms with Gasteiger partial charge in [0.05, 0.1) is 11.2 Å². The van der Waals surface area contributed by atoms with Crippen LogP contribution in [-0.4, -0.2) is 4.98 Å². The van der Waals surface area contributed by atoms with E-state index in [4.69, 9.17) is 11.6 Å². The van der Waals surface area contributed by atoms with Crippen molar-refractivity contribution in [3.63, 3.8) is 0 Å². The Hall–Kier alpha value is -1.38. The summed E-state index contributed by atoms with van der Waals surface area (Å²) in [4.78, 5) is 4.34. The molecule has 16 heavy (non-hydrogen) atoms. The van der Waals surface area contributed by atoms with E-state index in [2.05, 4.69) is 16.4 Å². The van der Waals surface area contributed by atoms with Gasteiger partial charge in [-0.15, -0.1) is 11.3 Å². The summed E-state index contributed by atoms with van der Waals surface area (Å²) in [5, 5.41) is 5.07. The van der Waals surface area contributed by atoms with Crippen molar-refractivity contribution in [2.24, 2.45) is 0 Å². The third-order valence-electron chi connectivity index (χ3n) is 2.58. The highest BCUT2D eigenvalue weighted by atomic mass is 35.5. The SMILES string of the molecule is Clc1ccc(-c2cscn2)c2ccccc12. The van der Waals surface area contributed by atoms with E-state index in [1.165, 1.54) is 0 Å². The highest BCUT2D eigenvalue weighted by Gasteiger charge is 2.07. The molecule has 0 saturated heterocycles. The lowest BCUT2D eigenvalue weighted by Crippen LogP contribution is -1.81. The first kappa shape index (κ1) is 9.82. The minimum absolute atomic E-state index is 0.787. The number of thiazole rings is 1. The zero-order chi connectivity index (χ0) is 11.0. The maximum atomic E-state index is 6.17. The zero-order valence-corrected chi connectivity index (χ0v) is 9.92. The van der Waals surface area contributed by atoms with Crippen LogP contribution >= 0.6 is 22.9 Å². The minimum Gasteiger partial charge on any atom is -0.245 e. The van der Waals surface area contributed by atoms with Crippen molar-refractivity contribution in [3.8, 4) is 11.3 Å². The summed E-state index contributed by atoms with van der Waals surface area (Å²) in [6.45, 7) is 0. The topological polar surface area (TPSA) is 12.9 Å². The first-order valence-corrected chi connectivity index (χ1v) is 6.24. The van der Waals surface area contributed by atoms with E-state index in [1.54, 1.807) is 11.3 Å². The van der Waals surface area contributed by atoms with Crippen LogP contribution < -0.4 is 0 Å². The van der Waals surface area contributed by atoms with Gasteiger partial charge in [-0.25, -0.2) is 4.98 Å². The first-order chi connectivity index (χ1) is 7.86. The Morgan fingerprint density at radius 2 is 1.81 bits per heavy atom. The van der Waals surface area contributed by atoms with Gasteiger partial charge in [0.25, 0.3) is 0 Å². The van der Waals surface area contributed by atoms with Crippen LogP contribution in [0.4, 0.5) is 0 Å². The molecule has 0 unspecified atom stereocenters.